The van der Waals surface area contributed by atoms with Gasteiger partial charge in [0.2, 0.25) is 0 Å². The fourth-order valence-corrected chi connectivity index (χ4v) is 6.43. The summed E-state index contributed by atoms with van der Waals surface area (Å²) in [4.78, 5) is 24.4. The van der Waals surface area contributed by atoms with Gasteiger partial charge in [-0.3, -0.25) is 14.4 Å². The number of rotatable bonds is 7. The number of nitriles is 1. The molecule has 2 fully saturated rings. The summed E-state index contributed by atoms with van der Waals surface area (Å²) >= 11 is 0. The van der Waals surface area contributed by atoms with Crippen LogP contribution in [0, 0.1) is 17.1 Å². The number of nitrogens with two attached hydrogens (primary N) is 1. The van der Waals surface area contributed by atoms with Crippen molar-refractivity contribution in [3.05, 3.63) is 78.3 Å². The standard InChI is InChI=1S/C35H39FN8O2/c1-35(2,43-18-16-41(3)17-19-43)21-24(22-37)34(45)42-15-7-8-25(23-42)44-30-13-14-39-33(38)31(30)32(40-44)28-12-11-27(20-29(28)36)46-26-9-5-4-6-10-26/h4-6,9-14,20-21,25H,7-8,15-19,23H2,1-3H3,(H2,38,39)/b24-21-/t25-/m1/s1. The fourth-order valence-electron chi connectivity index (χ4n) is 6.43. The second kappa shape index (κ2) is 12.9. The summed E-state index contributed by atoms with van der Waals surface area (Å²) in [6.45, 7) is 8.62. The molecule has 11 heteroatoms. The quantitative estimate of drug-likeness (QED) is 0.220. The highest BCUT2D eigenvalue weighted by Gasteiger charge is 2.33. The van der Waals surface area contributed by atoms with Crippen molar-refractivity contribution < 1.29 is 13.9 Å². The molecule has 4 heterocycles. The maximum Gasteiger partial charge on any atom is 0.264 e. The van der Waals surface area contributed by atoms with Gasteiger partial charge in [-0.1, -0.05) is 18.2 Å². The van der Waals surface area contributed by atoms with Crippen LogP contribution >= 0.6 is 0 Å². The molecule has 0 unspecified atom stereocenters. The molecule has 2 N–H and O–H groups in total. The third-order valence-corrected chi connectivity index (χ3v) is 9.02. The lowest BCUT2D eigenvalue weighted by molar-refractivity contribution is -0.128. The smallest absolute Gasteiger partial charge is 0.264 e. The number of amides is 1. The van der Waals surface area contributed by atoms with Crippen LogP contribution in [-0.2, 0) is 4.79 Å². The zero-order valence-corrected chi connectivity index (χ0v) is 26.5. The predicted molar refractivity (Wildman–Crippen MR) is 176 cm³/mol. The minimum atomic E-state index is -0.504. The number of fused-ring (bicyclic) bond motifs is 1. The number of anilines is 1. The van der Waals surface area contributed by atoms with Crippen LogP contribution < -0.4 is 10.5 Å². The molecule has 46 heavy (non-hydrogen) atoms. The van der Waals surface area contributed by atoms with Crippen molar-refractivity contribution in [3.63, 3.8) is 0 Å². The van der Waals surface area contributed by atoms with Gasteiger partial charge in [0.25, 0.3) is 5.91 Å². The molecule has 1 amide bonds. The highest BCUT2D eigenvalue weighted by molar-refractivity contribution is 6.00. The summed E-state index contributed by atoms with van der Waals surface area (Å²) < 4.78 is 23.3. The van der Waals surface area contributed by atoms with Gasteiger partial charge in [-0.05, 0) is 70.1 Å². The largest absolute Gasteiger partial charge is 0.457 e. The summed E-state index contributed by atoms with van der Waals surface area (Å²) in [6.07, 6.45) is 4.91. The van der Waals surface area contributed by atoms with Crippen molar-refractivity contribution in [2.75, 3.05) is 52.0 Å². The van der Waals surface area contributed by atoms with E-state index < -0.39 is 11.4 Å². The van der Waals surface area contributed by atoms with Crippen molar-refractivity contribution in [1.82, 2.24) is 29.5 Å². The molecule has 10 nitrogen and oxygen atoms in total. The van der Waals surface area contributed by atoms with E-state index in [2.05, 4.69) is 41.7 Å². The molecule has 0 radical (unpaired) electrons. The van der Waals surface area contributed by atoms with Gasteiger partial charge >= 0.3 is 0 Å². The normalized spacial score (nSPS) is 18.5. The zero-order valence-electron chi connectivity index (χ0n) is 26.5. The number of nitrogens with zero attached hydrogens (tertiary/aromatic N) is 7. The molecular formula is C35H39FN8O2. The number of aromatic nitrogens is 3. The number of hydrogen-bond donors (Lipinski definition) is 1. The highest BCUT2D eigenvalue weighted by Crippen LogP contribution is 2.37. The van der Waals surface area contributed by atoms with E-state index in [-0.39, 0.29) is 28.9 Å². The average molecular weight is 623 g/mol. The number of ether oxygens (including phenoxy) is 1. The van der Waals surface area contributed by atoms with Gasteiger partial charge in [-0.25, -0.2) is 9.37 Å². The van der Waals surface area contributed by atoms with E-state index in [1.54, 1.807) is 35.4 Å². The fraction of sp³-hybridized carbons (Fsp3) is 0.371. The summed E-state index contributed by atoms with van der Waals surface area (Å²) in [5, 5.41) is 15.5. The van der Waals surface area contributed by atoms with E-state index in [1.165, 1.54) is 6.07 Å². The van der Waals surface area contributed by atoms with Crippen molar-refractivity contribution in [2.24, 2.45) is 0 Å². The van der Waals surface area contributed by atoms with E-state index in [0.29, 0.717) is 41.2 Å². The van der Waals surface area contributed by atoms with E-state index in [4.69, 9.17) is 15.6 Å². The van der Waals surface area contributed by atoms with Crippen LogP contribution in [0.15, 0.2) is 72.4 Å². The third-order valence-electron chi connectivity index (χ3n) is 9.02. The number of carbonyl (C=O) groups excluding carboxylic acids is 1. The first-order valence-electron chi connectivity index (χ1n) is 15.7. The monoisotopic (exact) mass is 622 g/mol. The lowest BCUT2D eigenvalue weighted by Crippen LogP contribution is -2.53. The Morgan fingerprint density at radius 3 is 2.57 bits per heavy atom. The number of likely N-dealkylation sites (tertiary alicyclic amines) is 1. The first-order valence-corrected chi connectivity index (χ1v) is 15.7. The number of carbonyl (C=O) groups is 1. The highest BCUT2D eigenvalue weighted by atomic mass is 19.1. The molecule has 0 spiro atoms. The van der Waals surface area contributed by atoms with E-state index in [1.807, 2.05) is 35.0 Å². The van der Waals surface area contributed by atoms with Gasteiger partial charge in [0.1, 0.15) is 40.5 Å². The Balaban J connectivity index is 1.27. The minimum absolute atomic E-state index is 0.143. The average Bonchev–Trinajstić information content (AvgIpc) is 3.45. The molecule has 1 atom stereocenters. The summed E-state index contributed by atoms with van der Waals surface area (Å²) in [7, 11) is 2.10. The maximum absolute atomic E-state index is 15.6. The third kappa shape index (κ3) is 6.32. The SMILES string of the molecule is CN1CCN(C(C)(C)/C=C(/C#N)C(=O)N2CCC[C@@H](n3nc(-c4ccc(Oc5ccccc5)cc4F)c4c(N)nccc43)C2)CC1. The van der Waals surface area contributed by atoms with E-state index in [9.17, 15) is 10.1 Å². The molecule has 2 aromatic heterocycles. The van der Waals surface area contributed by atoms with Gasteiger partial charge in [-0.15, -0.1) is 0 Å². The van der Waals surface area contributed by atoms with Gasteiger partial charge in [-0.2, -0.15) is 10.4 Å². The molecule has 6 rings (SSSR count). The van der Waals surface area contributed by atoms with Gasteiger partial charge < -0.3 is 20.3 Å². The Kier molecular flexibility index (Phi) is 8.75. The van der Waals surface area contributed by atoms with Crippen LogP contribution in [0.25, 0.3) is 22.2 Å². The number of piperidine rings is 1. The molecule has 2 aromatic carbocycles. The Labute approximate surface area is 268 Å². The lowest BCUT2D eigenvalue weighted by Gasteiger charge is -2.42. The number of piperazine rings is 1. The van der Waals surface area contributed by atoms with Crippen molar-refractivity contribution in [3.8, 4) is 28.8 Å². The molecule has 0 aliphatic carbocycles. The van der Waals surface area contributed by atoms with Crippen LogP contribution in [0.4, 0.5) is 10.2 Å². The molecule has 238 valence electrons. The number of nitrogen functional groups attached to an aromatic ring is 1. The number of benzene rings is 2. The molecule has 4 aromatic rings. The summed E-state index contributed by atoms with van der Waals surface area (Å²) in [5.41, 5.74) is 7.41. The number of halogens is 1. The van der Waals surface area contributed by atoms with Crippen molar-refractivity contribution in [2.45, 2.75) is 38.3 Å². The maximum atomic E-state index is 15.6. The zero-order chi connectivity index (χ0) is 32.4. The summed E-state index contributed by atoms with van der Waals surface area (Å²) in [6, 6.07) is 17.6. The second-order valence-corrected chi connectivity index (χ2v) is 12.6. The minimum Gasteiger partial charge on any atom is -0.457 e. The van der Waals surface area contributed by atoms with Crippen molar-refractivity contribution >= 4 is 22.6 Å². The van der Waals surface area contributed by atoms with Crippen LogP contribution in [0.3, 0.4) is 0 Å². The first-order chi connectivity index (χ1) is 22.1. The molecule has 2 aliphatic rings. The van der Waals surface area contributed by atoms with Crippen LogP contribution in [0.5, 0.6) is 11.5 Å². The topological polar surface area (TPSA) is 117 Å². The Morgan fingerprint density at radius 2 is 1.85 bits per heavy atom. The molecular weight excluding hydrogens is 583 g/mol. The first kappa shape index (κ1) is 31.2. The second-order valence-electron chi connectivity index (χ2n) is 12.6. The Hall–Kier alpha value is -4.79. The molecule has 0 saturated carbocycles. The Bertz CT molecular complexity index is 1800. The van der Waals surface area contributed by atoms with Gasteiger partial charge in [0.05, 0.1) is 16.9 Å². The van der Waals surface area contributed by atoms with Crippen LogP contribution in [-0.4, -0.2) is 87.2 Å². The summed E-state index contributed by atoms with van der Waals surface area (Å²) in [5.74, 6) is 0.419. The number of hydrogen-bond acceptors (Lipinski definition) is 8. The van der Waals surface area contributed by atoms with Gasteiger partial charge in [0.15, 0.2) is 0 Å². The number of pyridine rings is 1. The predicted octanol–water partition coefficient (Wildman–Crippen LogP) is 5.25. The molecule has 2 saturated heterocycles. The van der Waals surface area contributed by atoms with Gasteiger partial charge in [0, 0.05) is 62.6 Å². The Morgan fingerprint density at radius 1 is 1.09 bits per heavy atom. The van der Waals surface area contributed by atoms with E-state index in [0.717, 1.165) is 39.0 Å². The molecule has 0 bridgehead atoms. The number of para-hydroxylation sites is 1. The molecule has 2 aliphatic heterocycles. The number of likely N-dealkylation sites (N-methyl/N-ethyl adjacent to an activating group) is 1. The van der Waals surface area contributed by atoms with Crippen LogP contribution in [0.2, 0.25) is 0 Å². The van der Waals surface area contributed by atoms with E-state index >= 15 is 4.39 Å². The van der Waals surface area contributed by atoms with Crippen LogP contribution in [0.1, 0.15) is 32.7 Å². The van der Waals surface area contributed by atoms with Crippen molar-refractivity contribution in [1.29, 1.82) is 5.26 Å². The lowest BCUT2D eigenvalue weighted by atomic mass is 9.96.